The zero-order valence-electron chi connectivity index (χ0n) is 17.7. The van der Waals surface area contributed by atoms with Gasteiger partial charge in [-0.15, -0.1) is 11.3 Å². The average Bonchev–Trinajstić information content (AvgIpc) is 2.63. The number of rotatable bonds is 6. The first-order valence-electron chi connectivity index (χ1n) is 9.88. The van der Waals surface area contributed by atoms with E-state index in [1.165, 1.54) is 0 Å². The highest BCUT2D eigenvalue weighted by molar-refractivity contribution is 7.21. The van der Waals surface area contributed by atoms with E-state index in [1.54, 1.807) is 17.4 Å². The number of nitrogens with one attached hydrogen (secondary N) is 1. The SMILES string of the molecule is CCC(C)(C)CC(C)(C)/C=C/c1cc2nc3ccc(NC)cc3sc-2cc1=O. The van der Waals surface area contributed by atoms with Gasteiger partial charge in [0.05, 0.1) is 20.8 Å². The molecule has 0 spiro atoms. The van der Waals surface area contributed by atoms with Crippen LogP contribution in [0.1, 0.15) is 53.0 Å². The highest BCUT2D eigenvalue weighted by Gasteiger charge is 2.25. The van der Waals surface area contributed by atoms with Crippen LogP contribution in [0.3, 0.4) is 0 Å². The quantitative estimate of drug-likeness (QED) is 0.475. The zero-order valence-corrected chi connectivity index (χ0v) is 18.5. The first-order valence-corrected chi connectivity index (χ1v) is 10.7. The summed E-state index contributed by atoms with van der Waals surface area (Å²) in [6.45, 7) is 11.3. The summed E-state index contributed by atoms with van der Waals surface area (Å²) in [5.41, 5.74) is 3.95. The summed E-state index contributed by atoms with van der Waals surface area (Å²) in [5.74, 6) is 0. The van der Waals surface area contributed by atoms with E-state index in [0.29, 0.717) is 5.56 Å². The maximum absolute atomic E-state index is 12.7. The summed E-state index contributed by atoms with van der Waals surface area (Å²) in [7, 11) is 1.90. The molecule has 3 rings (SSSR count). The van der Waals surface area contributed by atoms with Crippen LogP contribution in [0.4, 0.5) is 5.69 Å². The molecule has 148 valence electrons. The van der Waals surface area contributed by atoms with Gasteiger partial charge in [0.2, 0.25) is 0 Å². The van der Waals surface area contributed by atoms with Crippen LogP contribution in [0, 0.1) is 10.8 Å². The Labute approximate surface area is 171 Å². The predicted octanol–water partition coefficient (Wildman–Crippen LogP) is 6.67. The zero-order chi connectivity index (χ0) is 20.5. The van der Waals surface area contributed by atoms with Crippen molar-refractivity contribution in [1.29, 1.82) is 0 Å². The molecular weight excluding hydrogens is 364 g/mol. The lowest BCUT2D eigenvalue weighted by Crippen LogP contribution is -2.20. The van der Waals surface area contributed by atoms with Crippen LogP contribution in [0.25, 0.3) is 26.9 Å². The Morgan fingerprint density at radius 1 is 1.14 bits per heavy atom. The number of hydrogen-bond donors (Lipinski definition) is 1. The van der Waals surface area contributed by atoms with Gasteiger partial charge in [-0.05, 0) is 41.5 Å². The summed E-state index contributed by atoms with van der Waals surface area (Å²) in [6, 6.07) is 9.77. The van der Waals surface area contributed by atoms with E-state index < -0.39 is 0 Å². The summed E-state index contributed by atoms with van der Waals surface area (Å²) >= 11 is 1.61. The van der Waals surface area contributed by atoms with Crippen molar-refractivity contribution in [1.82, 2.24) is 4.98 Å². The second-order valence-corrected chi connectivity index (χ2v) is 10.1. The van der Waals surface area contributed by atoms with E-state index in [0.717, 1.165) is 39.3 Å². The van der Waals surface area contributed by atoms with Crippen LogP contribution < -0.4 is 10.7 Å². The fourth-order valence-corrected chi connectivity index (χ4v) is 4.71. The molecule has 0 bridgehead atoms. The second-order valence-electron chi connectivity index (χ2n) is 9.02. The molecule has 1 aliphatic heterocycles. The monoisotopic (exact) mass is 394 g/mol. The number of hydrogen-bond acceptors (Lipinski definition) is 4. The molecule has 1 heterocycles. The van der Waals surface area contributed by atoms with Crippen molar-refractivity contribution in [3.63, 3.8) is 0 Å². The Morgan fingerprint density at radius 2 is 1.89 bits per heavy atom. The Balaban J connectivity index is 1.98. The van der Waals surface area contributed by atoms with E-state index in [1.807, 2.05) is 31.3 Å². The van der Waals surface area contributed by atoms with Crippen molar-refractivity contribution in [3.8, 4) is 10.6 Å². The average molecular weight is 395 g/mol. The summed E-state index contributed by atoms with van der Waals surface area (Å²) in [5, 5.41) is 3.15. The van der Waals surface area contributed by atoms with Gasteiger partial charge >= 0.3 is 0 Å². The molecule has 1 aromatic carbocycles. The van der Waals surface area contributed by atoms with Gasteiger partial charge < -0.3 is 5.32 Å². The molecule has 0 saturated heterocycles. The topological polar surface area (TPSA) is 42.0 Å². The fourth-order valence-electron chi connectivity index (χ4n) is 3.69. The van der Waals surface area contributed by atoms with Crippen LogP contribution in [0.5, 0.6) is 0 Å². The third-order valence-electron chi connectivity index (χ3n) is 5.41. The molecule has 0 radical (unpaired) electrons. The molecule has 2 aliphatic rings. The van der Waals surface area contributed by atoms with Crippen LogP contribution in [-0.2, 0) is 0 Å². The first-order chi connectivity index (χ1) is 13.1. The number of nitrogens with zero attached hydrogens (tertiary/aromatic N) is 1. The maximum Gasteiger partial charge on any atom is 0.187 e. The van der Waals surface area contributed by atoms with Gasteiger partial charge in [0.15, 0.2) is 5.43 Å². The molecule has 0 atom stereocenters. The highest BCUT2D eigenvalue weighted by Crippen LogP contribution is 2.37. The van der Waals surface area contributed by atoms with Crippen LogP contribution in [-0.4, -0.2) is 12.0 Å². The number of anilines is 1. The normalized spacial score (nSPS) is 12.9. The lowest BCUT2D eigenvalue weighted by Gasteiger charge is -2.32. The molecule has 0 amide bonds. The predicted molar refractivity (Wildman–Crippen MR) is 124 cm³/mol. The van der Waals surface area contributed by atoms with Gasteiger partial charge in [-0.3, -0.25) is 4.79 Å². The number of fused-ring (bicyclic) bond motifs is 2. The molecule has 3 nitrogen and oxygen atoms in total. The third-order valence-corrected chi connectivity index (χ3v) is 6.50. The molecular formula is C24H30N2OS. The van der Waals surface area contributed by atoms with Crippen molar-refractivity contribution in [2.24, 2.45) is 10.8 Å². The van der Waals surface area contributed by atoms with Gasteiger partial charge in [0.1, 0.15) is 0 Å². The number of aromatic nitrogens is 1. The molecule has 1 aliphatic carbocycles. The van der Waals surface area contributed by atoms with Gasteiger partial charge in [-0.2, -0.15) is 0 Å². The lowest BCUT2D eigenvalue weighted by molar-refractivity contribution is 0.230. The van der Waals surface area contributed by atoms with E-state index in [9.17, 15) is 4.79 Å². The molecule has 4 heteroatoms. The standard InChI is InChI=1S/C24H30N2OS/c1-7-23(2,3)15-24(4,5)11-10-16-12-19-22(14-20(16)27)28-21-13-17(25-6)8-9-18(21)26-19/h8-14,25H,7,15H2,1-6H3/b11-10+. The summed E-state index contributed by atoms with van der Waals surface area (Å²) in [4.78, 5) is 18.4. The Bertz CT molecular complexity index is 1050. The first kappa shape index (κ1) is 20.5. The van der Waals surface area contributed by atoms with Gasteiger partial charge in [-0.1, -0.05) is 53.2 Å². The molecule has 1 N–H and O–H groups in total. The molecule has 0 fully saturated rings. The van der Waals surface area contributed by atoms with Gasteiger partial charge in [0.25, 0.3) is 0 Å². The largest absolute Gasteiger partial charge is 0.388 e. The van der Waals surface area contributed by atoms with Crippen molar-refractivity contribution in [2.75, 3.05) is 12.4 Å². The van der Waals surface area contributed by atoms with E-state index >= 15 is 0 Å². The van der Waals surface area contributed by atoms with Crippen LogP contribution >= 0.6 is 11.3 Å². The van der Waals surface area contributed by atoms with Gasteiger partial charge in [0, 0.05) is 24.4 Å². The highest BCUT2D eigenvalue weighted by atomic mass is 32.1. The minimum absolute atomic E-state index is 0.0316. The van der Waals surface area contributed by atoms with Crippen molar-refractivity contribution >= 4 is 33.3 Å². The minimum atomic E-state index is 0.0316. The molecule has 0 unspecified atom stereocenters. The lowest BCUT2D eigenvalue weighted by atomic mass is 9.73. The Kier molecular flexibility index (Phi) is 5.62. The van der Waals surface area contributed by atoms with Gasteiger partial charge in [-0.25, -0.2) is 4.98 Å². The molecule has 0 aromatic heterocycles. The van der Waals surface area contributed by atoms with Crippen molar-refractivity contribution in [3.05, 3.63) is 52.2 Å². The van der Waals surface area contributed by atoms with Crippen LogP contribution in [0.2, 0.25) is 0 Å². The minimum Gasteiger partial charge on any atom is -0.388 e. The number of allylic oxidation sites excluding steroid dienone is 1. The third kappa shape index (κ3) is 4.61. The van der Waals surface area contributed by atoms with Crippen molar-refractivity contribution < 1.29 is 0 Å². The van der Waals surface area contributed by atoms with Crippen molar-refractivity contribution in [2.45, 2.75) is 47.5 Å². The Hall–Kier alpha value is -2.20. The fraction of sp³-hybridized carbons (Fsp3) is 0.417. The molecule has 0 saturated carbocycles. The molecule has 1 aromatic rings. The summed E-state index contributed by atoms with van der Waals surface area (Å²) < 4.78 is 1.07. The van der Waals surface area contributed by atoms with E-state index in [4.69, 9.17) is 4.98 Å². The summed E-state index contributed by atoms with van der Waals surface area (Å²) in [6.07, 6.45) is 6.37. The Morgan fingerprint density at radius 3 is 2.57 bits per heavy atom. The molecule has 28 heavy (non-hydrogen) atoms. The smallest absolute Gasteiger partial charge is 0.187 e. The van der Waals surface area contributed by atoms with E-state index in [-0.39, 0.29) is 16.3 Å². The van der Waals surface area contributed by atoms with E-state index in [2.05, 4.69) is 52.1 Å². The maximum atomic E-state index is 12.7. The van der Waals surface area contributed by atoms with Crippen LogP contribution in [0.15, 0.2) is 41.2 Å². The number of benzene rings is 2. The second kappa shape index (κ2) is 7.67.